The average Bonchev–Trinajstić information content (AvgIpc) is 2.77. The normalized spacial score (nSPS) is 12.9. The maximum absolute atomic E-state index is 11.9. The first-order valence-electron chi connectivity index (χ1n) is 5.53. The molecule has 1 aliphatic heterocycles. The van der Waals surface area contributed by atoms with E-state index in [9.17, 15) is 4.79 Å². The van der Waals surface area contributed by atoms with Gasteiger partial charge in [-0.2, -0.15) is 0 Å². The maximum atomic E-state index is 11.9. The first-order chi connectivity index (χ1) is 8.19. The third-order valence-corrected chi connectivity index (χ3v) is 3.13. The van der Waals surface area contributed by atoms with Crippen molar-refractivity contribution in [1.82, 2.24) is 0 Å². The van der Waals surface area contributed by atoms with Gasteiger partial charge < -0.3 is 15.2 Å². The fourth-order valence-corrected chi connectivity index (χ4v) is 2.28. The van der Waals surface area contributed by atoms with Gasteiger partial charge in [0, 0.05) is 12.0 Å². The molecular weight excluding hydrogens is 242 g/mol. The molecule has 4 nitrogen and oxygen atoms in total. The highest BCUT2D eigenvalue weighted by Crippen LogP contribution is 2.43. The third kappa shape index (κ3) is 2.10. The molecular formula is C12H14ClNO3. The number of carbonyl (C=O) groups excluding carboxylic acids is 1. The number of fused-ring (bicyclic) bond motifs is 1. The summed E-state index contributed by atoms with van der Waals surface area (Å²) in [7, 11) is 0. The lowest BCUT2D eigenvalue weighted by molar-refractivity contribution is 0.0984. The van der Waals surface area contributed by atoms with Gasteiger partial charge in [-0.1, -0.05) is 18.5 Å². The quantitative estimate of drug-likeness (QED) is 0.838. The summed E-state index contributed by atoms with van der Waals surface area (Å²) in [4.78, 5) is 11.9. The van der Waals surface area contributed by atoms with E-state index in [2.05, 4.69) is 0 Å². The average molecular weight is 256 g/mol. The standard InChI is InChI=1S/C12H14ClNO3/c1-2-7-8(9(15)3-4-14)5-10-12(11(7)13)17-6-16-10/h5H,2-4,6,14H2,1H3. The van der Waals surface area contributed by atoms with Crippen molar-refractivity contribution in [2.24, 2.45) is 5.73 Å². The number of carbonyl (C=O) groups is 1. The summed E-state index contributed by atoms with van der Waals surface area (Å²) in [6.45, 7) is 2.42. The first-order valence-corrected chi connectivity index (χ1v) is 5.91. The van der Waals surface area contributed by atoms with E-state index in [1.54, 1.807) is 6.07 Å². The van der Waals surface area contributed by atoms with Crippen molar-refractivity contribution >= 4 is 17.4 Å². The molecule has 0 aromatic heterocycles. The van der Waals surface area contributed by atoms with Crippen LogP contribution in [0, 0.1) is 0 Å². The van der Waals surface area contributed by atoms with E-state index >= 15 is 0 Å². The summed E-state index contributed by atoms with van der Waals surface area (Å²) >= 11 is 6.22. The van der Waals surface area contributed by atoms with Crippen molar-refractivity contribution in [3.8, 4) is 11.5 Å². The van der Waals surface area contributed by atoms with Gasteiger partial charge in [0.05, 0.1) is 5.02 Å². The Hall–Kier alpha value is -1.26. The largest absolute Gasteiger partial charge is 0.454 e. The monoisotopic (exact) mass is 255 g/mol. The minimum absolute atomic E-state index is 0.00968. The lowest BCUT2D eigenvalue weighted by Crippen LogP contribution is -2.10. The van der Waals surface area contributed by atoms with Crippen molar-refractivity contribution in [3.63, 3.8) is 0 Å². The van der Waals surface area contributed by atoms with Gasteiger partial charge in [0.15, 0.2) is 17.3 Å². The number of Topliss-reactive ketones (excluding diaryl/α,β-unsaturated/α-hetero) is 1. The van der Waals surface area contributed by atoms with Crippen LogP contribution in [-0.2, 0) is 6.42 Å². The summed E-state index contributed by atoms with van der Waals surface area (Å²) in [6, 6.07) is 1.70. The number of nitrogens with two attached hydrogens (primary N) is 1. The smallest absolute Gasteiger partial charge is 0.231 e. The molecule has 0 spiro atoms. The van der Waals surface area contributed by atoms with Crippen LogP contribution in [0.15, 0.2) is 6.07 Å². The minimum Gasteiger partial charge on any atom is -0.454 e. The number of benzene rings is 1. The molecule has 17 heavy (non-hydrogen) atoms. The summed E-state index contributed by atoms with van der Waals surface area (Å²) < 4.78 is 10.5. The summed E-state index contributed by atoms with van der Waals surface area (Å²) in [6.07, 6.45) is 0.976. The van der Waals surface area contributed by atoms with Crippen LogP contribution in [0.2, 0.25) is 5.02 Å². The van der Waals surface area contributed by atoms with Crippen LogP contribution in [-0.4, -0.2) is 19.1 Å². The van der Waals surface area contributed by atoms with Crippen LogP contribution in [0.5, 0.6) is 11.5 Å². The van der Waals surface area contributed by atoms with Crippen LogP contribution in [0.1, 0.15) is 29.3 Å². The molecule has 0 fully saturated rings. The highest BCUT2D eigenvalue weighted by atomic mass is 35.5. The molecule has 0 radical (unpaired) electrons. The molecule has 0 amide bonds. The second-order valence-corrected chi connectivity index (χ2v) is 4.14. The number of ether oxygens (including phenoxy) is 2. The Balaban J connectivity index is 2.51. The maximum Gasteiger partial charge on any atom is 0.231 e. The van der Waals surface area contributed by atoms with Crippen LogP contribution in [0.3, 0.4) is 0 Å². The summed E-state index contributed by atoms with van der Waals surface area (Å²) in [5.74, 6) is 1.06. The molecule has 92 valence electrons. The Morgan fingerprint density at radius 3 is 2.94 bits per heavy atom. The van der Waals surface area contributed by atoms with E-state index in [0.717, 1.165) is 5.56 Å². The Morgan fingerprint density at radius 2 is 2.29 bits per heavy atom. The third-order valence-electron chi connectivity index (χ3n) is 2.73. The van der Waals surface area contributed by atoms with Crippen LogP contribution in [0.25, 0.3) is 0 Å². The molecule has 2 rings (SSSR count). The van der Waals surface area contributed by atoms with Gasteiger partial charge in [0.1, 0.15) is 0 Å². The lowest BCUT2D eigenvalue weighted by Gasteiger charge is -2.11. The van der Waals surface area contributed by atoms with Gasteiger partial charge in [-0.25, -0.2) is 0 Å². The molecule has 1 aromatic rings. The number of hydrogen-bond donors (Lipinski definition) is 1. The van der Waals surface area contributed by atoms with Gasteiger partial charge in [0.25, 0.3) is 0 Å². The lowest BCUT2D eigenvalue weighted by atomic mass is 9.98. The zero-order chi connectivity index (χ0) is 12.4. The van der Waals surface area contributed by atoms with E-state index in [1.807, 2.05) is 6.92 Å². The zero-order valence-electron chi connectivity index (χ0n) is 9.59. The van der Waals surface area contributed by atoms with Crippen LogP contribution in [0.4, 0.5) is 0 Å². The minimum atomic E-state index is -0.00968. The van der Waals surface area contributed by atoms with E-state index in [-0.39, 0.29) is 12.6 Å². The Labute approximate surface area is 105 Å². The molecule has 5 heteroatoms. The summed E-state index contributed by atoms with van der Waals surface area (Å²) in [5.41, 5.74) is 6.79. The second kappa shape index (κ2) is 4.94. The fraction of sp³-hybridized carbons (Fsp3) is 0.417. The SMILES string of the molecule is CCc1c(C(=O)CCN)cc2c(c1Cl)OCO2. The van der Waals surface area contributed by atoms with Crippen molar-refractivity contribution in [1.29, 1.82) is 0 Å². The molecule has 1 heterocycles. The van der Waals surface area contributed by atoms with Gasteiger partial charge in [-0.3, -0.25) is 4.79 Å². The van der Waals surface area contributed by atoms with Gasteiger partial charge in [0.2, 0.25) is 6.79 Å². The Morgan fingerprint density at radius 1 is 1.53 bits per heavy atom. The number of rotatable bonds is 4. The van der Waals surface area contributed by atoms with Crippen molar-refractivity contribution in [2.75, 3.05) is 13.3 Å². The van der Waals surface area contributed by atoms with Crippen molar-refractivity contribution < 1.29 is 14.3 Å². The molecule has 1 aliphatic rings. The van der Waals surface area contributed by atoms with Gasteiger partial charge >= 0.3 is 0 Å². The number of ketones is 1. The van der Waals surface area contributed by atoms with Gasteiger partial charge in [-0.05, 0) is 24.6 Å². The number of halogens is 1. The highest BCUT2D eigenvalue weighted by molar-refractivity contribution is 6.33. The number of hydrogen-bond acceptors (Lipinski definition) is 4. The first kappa shape index (κ1) is 12.2. The van der Waals surface area contributed by atoms with E-state index in [0.29, 0.717) is 41.5 Å². The van der Waals surface area contributed by atoms with Crippen LogP contribution < -0.4 is 15.2 Å². The fourth-order valence-electron chi connectivity index (χ4n) is 1.90. The van der Waals surface area contributed by atoms with E-state index in [4.69, 9.17) is 26.8 Å². The van der Waals surface area contributed by atoms with Crippen molar-refractivity contribution in [3.05, 3.63) is 22.2 Å². The predicted molar refractivity (Wildman–Crippen MR) is 65.0 cm³/mol. The Bertz CT molecular complexity index is 460. The van der Waals surface area contributed by atoms with Gasteiger partial charge in [-0.15, -0.1) is 0 Å². The molecule has 2 N–H and O–H groups in total. The molecule has 0 atom stereocenters. The van der Waals surface area contributed by atoms with Crippen LogP contribution >= 0.6 is 11.6 Å². The zero-order valence-corrected chi connectivity index (χ0v) is 10.3. The van der Waals surface area contributed by atoms with Crippen molar-refractivity contribution in [2.45, 2.75) is 19.8 Å². The molecule has 0 saturated carbocycles. The predicted octanol–water partition coefficient (Wildman–Crippen LogP) is 2.16. The molecule has 0 unspecified atom stereocenters. The Kier molecular flexibility index (Phi) is 3.54. The second-order valence-electron chi connectivity index (χ2n) is 3.77. The molecule has 1 aromatic carbocycles. The molecule has 0 bridgehead atoms. The van der Waals surface area contributed by atoms with E-state index in [1.165, 1.54) is 0 Å². The summed E-state index contributed by atoms with van der Waals surface area (Å²) in [5, 5.41) is 0.475. The topological polar surface area (TPSA) is 61.6 Å². The molecule has 0 saturated heterocycles. The highest BCUT2D eigenvalue weighted by Gasteiger charge is 2.24. The molecule has 0 aliphatic carbocycles. The van der Waals surface area contributed by atoms with E-state index < -0.39 is 0 Å².